The van der Waals surface area contributed by atoms with E-state index in [9.17, 15) is 18.0 Å². The Bertz CT molecular complexity index is 654. The molecule has 0 aliphatic carbocycles. The summed E-state index contributed by atoms with van der Waals surface area (Å²) in [5.41, 5.74) is 5.79. The lowest BCUT2D eigenvalue weighted by atomic mass is 10.1. The van der Waals surface area contributed by atoms with Gasteiger partial charge in [0.2, 0.25) is 0 Å². The maximum absolute atomic E-state index is 12.5. The molecule has 1 heterocycles. The number of hydrogen-bond acceptors (Lipinski definition) is 2. The van der Waals surface area contributed by atoms with Gasteiger partial charge in [-0.25, -0.2) is 4.79 Å². The summed E-state index contributed by atoms with van der Waals surface area (Å²) >= 11 is 0. The van der Waals surface area contributed by atoms with Crippen LogP contribution in [-0.2, 0) is 14.1 Å². The van der Waals surface area contributed by atoms with E-state index in [1.165, 1.54) is 34.4 Å². The molecule has 0 radical (unpaired) electrons. The number of aryl methyl sites for hydroxylation is 2. The predicted molar refractivity (Wildman–Crippen MR) is 61.1 cm³/mol. The molecule has 1 aromatic heterocycles. The molecule has 1 atom stereocenters. The van der Waals surface area contributed by atoms with Gasteiger partial charge in [0.15, 0.2) is 0 Å². The molecule has 0 aliphatic heterocycles. The van der Waals surface area contributed by atoms with Crippen molar-refractivity contribution < 1.29 is 13.2 Å². The van der Waals surface area contributed by atoms with Crippen LogP contribution in [0.4, 0.5) is 13.2 Å². The van der Waals surface area contributed by atoms with Gasteiger partial charge in [-0.3, -0.25) is 9.13 Å². The highest BCUT2D eigenvalue weighted by Crippen LogP contribution is 2.31. The number of halogens is 3. The number of benzene rings is 1. The van der Waals surface area contributed by atoms with Gasteiger partial charge in [0.05, 0.1) is 11.0 Å². The Kier molecular flexibility index (Phi) is 2.73. The van der Waals surface area contributed by atoms with Crippen LogP contribution in [0.1, 0.15) is 11.6 Å². The third-order valence-electron chi connectivity index (χ3n) is 3.01. The molecule has 0 saturated heterocycles. The van der Waals surface area contributed by atoms with Gasteiger partial charge in [-0.2, -0.15) is 13.2 Å². The Balaban J connectivity index is 2.65. The molecule has 0 fully saturated rings. The third kappa shape index (κ3) is 1.80. The molecule has 98 valence electrons. The fourth-order valence-corrected chi connectivity index (χ4v) is 1.91. The van der Waals surface area contributed by atoms with Crippen LogP contribution in [0.25, 0.3) is 11.0 Å². The van der Waals surface area contributed by atoms with Gasteiger partial charge in [0.25, 0.3) is 0 Å². The Morgan fingerprint density at radius 3 is 2.28 bits per heavy atom. The van der Waals surface area contributed by atoms with Crippen molar-refractivity contribution in [2.45, 2.75) is 12.2 Å². The topological polar surface area (TPSA) is 53.0 Å². The van der Waals surface area contributed by atoms with Crippen molar-refractivity contribution in [2.75, 3.05) is 0 Å². The molecule has 0 spiro atoms. The van der Waals surface area contributed by atoms with Crippen LogP contribution in [0, 0.1) is 0 Å². The predicted octanol–water partition coefficient (Wildman–Crippen LogP) is 1.44. The fourth-order valence-electron chi connectivity index (χ4n) is 1.91. The molecule has 1 aromatic carbocycles. The largest absolute Gasteiger partial charge is 0.407 e. The highest BCUT2D eigenvalue weighted by Gasteiger charge is 2.38. The molecule has 18 heavy (non-hydrogen) atoms. The minimum atomic E-state index is -4.50. The van der Waals surface area contributed by atoms with Crippen molar-refractivity contribution in [3.63, 3.8) is 0 Å². The molecule has 1 unspecified atom stereocenters. The number of nitrogens with zero attached hydrogens (tertiary/aromatic N) is 2. The monoisotopic (exact) mass is 259 g/mol. The minimum Gasteiger partial charge on any atom is -0.316 e. The second kappa shape index (κ2) is 3.88. The van der Waals surface area contributed by atoms with Crippen LogP contribution in [0.2, 0.25) is 0 Å². The minimum absolute atomic E-state index is 0.0591. The second-order valence-corrected chi connectivity index (χ2v) is 4.17. The van der Waals surface area contributed by atoms with E-state index in [1.807, 2.05) is 0 Å². The van der Waals surface area contributed by atoms with Gasteiger partial charge in [-0.1, -0.05) is 6.07 Å². The number of hydrogen-bond donors (Lipinski definition) is 1. The SMILES string of the molecule is Cn1c(=O)n(C)c2cc(C(N)C(F)(F)F)ccc21. The first kappa shape index (κ1) is 12.7. The van der Waals surface area contributed by atoms with Crippen molar-refractivity contribution >= 4 is 11.0 Å². The van der Waals surface area contributed by atoms with E-state index in [0.29, 0.717) is 11.0 Å². The lowest BCUT2D eigenvalue weighted by Crippen LogP contribution is -2.28. The second-order valence-electron chi connectivity index (χ2n) is 4.17. The van der Waals surface area contributed by atoms with E-state index in [-0.39, 0.29) is 11.3 Å². The smallest absolute Gasteiger partial charge is 0.316 e. The van der Waals surface area contributed by atoms with E-state index in [2.05, 4.69) is 0 Å². The third-order valence-corrected chi connectivity index (χ3v) is 3.01. The standard InChI is InChI=1S/C11H12F3N3O/c1-16-7-4-3-6(9(15)11(12,13)14)5-8(7)17(2)10(16)18/h3-5,9H,15H2,1-2H3. The number of imidazole rings is 1. The van der Waals surface area contributed by atoms with Crippen LogP contribution < -0.4 is 11.4 Å². The van der Waals surface area contributed by atoms with Crippen LogP contribution >= 0.6 is 0 Å². The van der Waals surface area contributed by atoms with Crippen LogP contribution in [0.3, 0.4) is 0 Å². The van der Waals surface area contributed by atoms with Crippen LogP contribution in [-0.4, -0.2) is 15.3 Å². The van der Waals surface area contributed by atoms with Crippen molar-refractivity contribution in [1.29, 1.82) is 0 Å². The van der Waals surface area contributed by atoms with Crippen LogP contribution in [0.15, 0.2) is 23.0 Å². The highest BCUT2D eigenvalue weighted by molar-refractivity contribution is 5.77. The van der Waals surface area contributed by atoms with E-state index < -0.39 is 12.2 Å². The van der Waals surface area contributed by atoms with Gasteiger partial charge >= 0.3 is 11.9 Å². The van der Waals surface area contributed by atoms with E-state index in [4.69, 9.17) is 5.73 Å². The zero-order valence-corrected chi connectivity index (χ0v) is 9.82. The summed E-state index contributed by atoms with van der Waals surface area (Å²) in [6.45, 7) is 0. The number of alkyl halides is 3. The van der Waals surface area contributed by atoms with Crippen molar-refractivity contribution in [2.24, 2.45) is 19.8 Å². The quantitative estimate of drug-likeness (QED) is 0.842. The summed E-state index contributed by atoms with van der Waals surface area (Å²) in [5.74, 6) is 0. The summed E-state index contributed by atoms with van der Waals surface area (Å²) in [4.78, 5) is 11.6. The lowest BCUT2D eigenvalue weighted by molar-refractivity contribution is -0.149. The number of rotatable bonds is 1. The maximum Gasteiger partial charge on any atom is 0.407 e. The highest BCUT2D eigenvalue weighted by atomic mass is 19.4. The Morgan fingerprint density at radius 2 is 1.72 bits per heavy atom. The zero-order valence-electron chi connectivity index (χ0n) is 9.82. The maximum atomic E-state index is 12.5. The first-order valence-corrected chi connectivity index (χ1v) is 5.21. The van der Waals surface area contributed by atoms with Crippen molar-refractivity contribution in [3.8, 4) is 0 Å². The Labute approximate surface area is 100 Å². The first-order valence-electron chi connectivity index (χ1n) is 5.21. The van der Waals surface area contributed by atoms with Gasteiger partial charge in [0.1, 0.15) is 6.04 Å². The summed E-state index contributed by atoms with van der Waals surface area (Å²) in [7, 11) is 3.07. The summed E-state index contributed by atoms with van der Waals surface area (Å²) in [6.07, 6.45) is -4.50. The number of aromatic nitrogens is 2. The zero-order chi connectivity index (χ0) is 13.7. The van der Waals surface area contributed by atoms with E-state index >= 15 is 0 Å². The molecule has 7 heteroatoms. The summed E-state index contributed by atoms with van der Waals surface area (Å²) in [6, 6.07) is 2.02. The lowest BCUT2D eigenvalue weighted by Gasteiger charge is -2.15. The number of fused-ring (bicyclic) bond motifs is 1. The molecule has 2 aromatic rings. The molecule has 0 saturated carbocycles. The van der Waals surface area contributed by atoms with Gasteiger partial charge in [-0.15, -0.1) is 0 Å². The van der Waals surface area contributed by atoms with Gasteiger partial charge in [-0.05, 0) is 17.7 Å². The van der Waals surface area contributed by atoms with Crippen LogP contribution in [0.5, 0.6) is 0 Å². The molecule has 0 aliphatic rings. The van der Waals surface area contributed by atoms with E-state index in [1.54, 1.807) is 7.05 Å². The number of nitrogens with two attached hydrogens (primary N) is 1. The molecule has 0 bridgehead atoms. The molecule has 0 amide bonds. The Hall–Kier alpha value is -1.76. The Morgan fingerprint density at radius 1 is 1.17 bits per heavy atom. The van der Waals surface area contributed by atoms with E-state index in [0.717, 1.165) is 0 Å². The molecular formula is C11H12F3N3O. The average Bonchev–Trinajstić information content (AvgIpc) is 2.52. The molecular weight excluding hydrogens is 247 g/mol. The molecule has 2 rings (SSSR count). The average molecular weight is 259 g/mol. The summed E-state index contributed by atoms with van der Waals surface area (Å²) < 4.78 is 40.2. The van der Waals surface area contributed by atoms with Crippen molar-refractivity contribution in [3.05, 3.63) is 34.2 Å². The summed E-state index contributed by atoms with van der Waals surface area (Å²) in [5, 5.41) is 0. The van der Waals surface area contributed by atoms with Gasteiger partial charge < -0.3 is 5.73 Å². The fraction of sp³-hybridized carbons (Fsp3) is 0.364. The van der Waals surface area contributed by atoms with Crippen molar-refractivity contribution in [1.82, 2.24) is 9.13 Å². The molecule has 4 nitrogen and oxygen atoms in total. The normalized spacial score (nSPS) is 14.1. The molecule has 2 N–H and O–H groups in total. The first-order chi connectivity index (χ1) is 8.23. The van der Waals surface area contributed by atoms with Gasteiger partial charge in [0, 0.05) is 14.1 Å².